The number of imidazole rings is 2. The number of methoxy groups -OCH3 is 2. The molecule has 2 N–H and O–H groups in total. The number of hydrogen-bond donors (Lipinski definition) is 2. The van der Waals surface area contributed by atoms with Crippen LogP contribution in [0.2, 0.25) is 0 Å². The minimum absolute atomic E-state index is 0.748. The van der Waals surface area contributed by atoms with E-state index < -0.39 is 0 Å². The molecule has 6 nitrogen and oxygen atoms in total. The summed E-state index contributed by atoms with van der Waals surface area (Å²) in [5.74, 6) is 3.14. The number of nitrogens with one attached hydrogen (secondary N) is 2. The lowest BCUT2D eigenvalue weighted by molar-refractivity contribution is 0.401. The van der Waals surface area contributed by atoms with E-state index in [9.17, 15) is 0 Å². The minimum Gasteiger partial charge on any atom is -0.496 e. The van der Waals surface area contributed by atoms with E-state index in [2.05, 4.69) is 131 Å². The van der Waals surface area contributed by atoms with Crippen LogP contribution in [0.1, 0.15) is 22.3 Å². The first-order valence-corrected chi connectivity index (χ1v) is 19.9. The second-order valence-electron chi connectivity index (χ2n) is 14.3. The van der Waals surface area contributed by atoms with Crippen LogP contribution in [-0.2, 0) is 0 Å². The molecule has 9 rings (SSSR count). The van der Waals surface area contributed by atoms with Crippen LogP contribution in [0.15, 0.2) is 182 Å². The number of rotatable bonds is 12. The molecule has 0 aliphatic rings. The van der Waals surface area contributed by atoms with Crippen molar-refractivity contribution in [1.82, 2.24) is 19.9 Å². The third kappa shape index (κ3) is 8.08. The van der Waals surface area contributed by atoms with E-state index in [4.69, 9.17) is 19.4 Å². The van der Waals surface area contributed by atoms with Crippen LogP contribution < -0.4 is 9.47 Å². The van der Waals surface area contributed by atoms with Crippen molar-refractivity contribution in [2.75, 3.05) is 14.2 Å². The quantitative estimate of drug-likeness (QED) is 0.121. The highest BCUT2D eigenvalue weighted by Crippen LogP contribution is 2.36. The summed E-state index contributed by atoms with van der Waals surface area (Å²) in [6.07, 6.45) is 8.26. The molecule has 0 bridgehead atoms. The van der Waals surface area contributed by atoms with Gasteiger partial charge in [0.2, 0.25) is 0 Å². The largest absolute Gasteiger partial charge is 0.496 e. The summed E-state index contributed by atoms with van der Waals surface area (Å²) >= 11 is 0. The first kappa shape index (κ1) is 37.6. The highest BCUT2D eigenvalue weighted by Gasteiger charge is 2.17. The van der Waals surface area contributed by atoms with Crippen LogP contribution >= 0.6 is 0 Å². The lowest BCUT2D eigenvalue weighted by atomic mass is 10.0. The van der Waals surface area contributed by atoms with Crippen LogP contribution in [0.5, 0.6) is 11.5 Å². The Morgan fingerprint density at radius 2 is 0.700 bits per heavy atom. The van der Waals surface area contributed by atoms with Gasteiger partial charge in [-0.2, -0.15) is 0 Å². The van der Waals surface area contributed by atoms with Gasteiger partial charge in [-0.15, -0.1) is 0 Å². The Kier molecular flexibility index (Phi) is 10.8. The molecule has 60 heavy (non-hydrogen) atoms. The minimum atomic E-state index is 0.748. The van der Waals surface area contributed by atoms with Gasteiger partial charge in [-0.05, 0) is 23.3 Å². The molecule has 0 saturated heterocycles. The molecular weight excluding hydrogens is 737 g/mol. The van der Waals surface area contributed by atoms with Crippen molar-refractivity contribution in [2.45, 2.75) is 0 Å². The highest BCUT2D eigenvalue weighted by atomic mass is 16.5. The fourth-order valence-corrected chi connectivity index (χ4v) is 7.34. The normalized spacial score (nSPS) is 11.4. The summed E-state index contributed by atoms with van der Waals surface area (Å²) in [6.45, 7) is 0. The van der Waals surface area contributed by atoms with Crippen molar-refractivity contribution in [3.8, 4) is 79.3 Å². The van der Waals surface area contributed by atoms with E-state index in [0.717, 1.165) is 102 Å². The lowest BCUT2D eigenvalue weighted by Gasteiger charge is -2.11. The second kappa shape index (κ2) is 17.3. The summed E-state index contributed by atoms with van der Waals surface area (Å²) in [5, 5.41) is 0. The molecule has 0 saturated carbocycles. The van der Waals surface area contributed by atoms with Gasteiger partial charge in [0.05, 0.1) is 37.0 Å². The van der Waals surface area contributed by atoms with Gasteiger partial charge in [0, 0.05) is 44.5 Å². The molecule has 0 aliphatic heterocycles. The van der Waals surface area contributed by atoms with Gasteiger partial charge in [0.15, 0.2) is 0 Å². The van der Waals surface area contributed by atoms with Crippen molar-refractivity contribution in [1.29, 1.82) is 0 Å². The van der Waals surface area contributed by atoms with Crippen LogP contribution in [0.3, 0.4) is 0 Å². The molecule has 0 radical (unpaired) electrons. The third-order valence-corrected chi connectivity index (χ3v) is 10.5. The van der Waals surface area contributed by atoms with Crippen LogP contribution in [0.25, 0.3) is 92.1 Å². The molecule has 0 amide bonds. The van der Waals surface area contributed by atoms with Crippen LogP contribution in [0, 0.1) is 0 Å². The smallest absolute Gasteiger partial charge is 0.138 e. The number of aromatic nitrogens is 4. The Labute approximate surface area is 350 Å². The van der Waals surface area contributed by atoms with Gasteiger partial charge in [-0.25, -0.2) is 9.97 Å². The average molecular weight is 779 g/mol. The zero-order valence-electron chi connectivity index (χ0n) is 33.3. The topological polar surface area (TPSA) is 75.8 Å². The molecule has 0 atom stereocenters. The monoisotopic (exact) mass is 778 g/mol. The van der Waals surface area contributed by atoms with Gasteiger partial charge in [0.1, 0.15) is 23.1 Å². The molecule has 9 aromatic rings. The first-order chi connectivity index (χ1) is 29.6. The van der Waals surface area contributed by atoms with Crippen molar-refractivity contribution >= 4 is 24.3 Å². The van der Waals surface area contributed by atoms with E-state index in [0.29, 0.717) is 0 Å². The molecule has 7 aromatic carbocycles. The number of benzene rings is 7. The average Bonchev–Trinajstić information content (AvgIpc) is 3.98. The predicted molar refractivity (Wildman–Crippen MR) is 247 cm³/mol. The summed E-state index contributed by atoms with van der Waals surface area (Å²) in [4.78, 5) is 17.3. The summed E-state index contributed by atoms with van der Waals surface area (Å²) < 4.78 is 11.7. The molecule has 0 unspecified atom stereocenters. The van der Waals surface area contributed by atoms with E-state index >= 15 is 0 Å². The Hall–Kier alpha value is -7.96. The van der Waals surface area contributed by atoms with E-state index in [-0.39, 0.29) is 0 Å². The Bertz CT molecular complexity index is 2580. The maximum absolute atomic E-state index is 5.87. The SMILES string of the molecule is COc1cc(/C=C/c2ccc(-c3nc(-c4ccccc4)c(-c4ccccc4)[nH]3)cc2)c(OC)cc1/C=C/c1ccc(-c2nc(-c3ccccc3)c(-c3ccccc3)[nH]2)cc1. The van der Waals surface area contributed by atoms with Gasteiger partial charge in [-0.3, -0.25) is 0 Å². The summed E-state index contributed by atoms with van der Waals surface area (Å²) in [6, 6.07) is 62.1. The molecular formula is C54H42N4O2. The highest BCUT2D eigenvalue weighted by molar-refractivity contribution is 5.84. The molecule has 0 aliphatic carbocycles. The predicted octanol–water partition coefficient (Wildman–Crippen LogP) is 13.5. The number of ether oxygens (including phenoxy) is 2. The van der Waals surface area contributed by atoms with Crippen molar-refractivity contribution in [3.63, 3.8) is 0 Å². The molecule has 2 heterocycles. The fourth-order valence-electron chi connectivity index (χ4n) is 7.34. The van der Waals surface area contributed by atoms with E-state index in [1.807, 2.05) is 84.9 Å². The van der Waals surface area contributed by atoms with Crippen LogP contribution in [-0.4, -0.2) is 34.2 Å². The van der Waals surface area contributed by atoms with E-state index in [1.54, 1.807) is 14.2 Å². The first-order valence-electron chi connectivity index (χ1n) is 19.9. The zero-order chi connectivity index (χ0) is 40.7. The summed E-state index contributed by atoms with van der Waals surface area (Å²) in [7, 11) is 3.38. The zero-order valence-corrected chi connectivity index (χ0v) is 33.3. The maximum atomic E-state index is 5.87. The number of nitrogens with zero attached hydrogens (tertiary/aromatic N) is 2. The number of H-pyrrole nitrogens is 2. The van der Waals surface area contributed by atoms with Gasteiger partial charge in [-0.1, -0.05) is 194 Å². The second-order valence-corrected chi connectivity index (χ2v) is 14.3. The molecule has 2 aromatic heterocycles. The third-order valence-electron chi connectivity index (χ3n) is 10.5. The van der Waals surface area contributed by atoms with Crippen molar-refractivity contribution in [2.24, 2.45) is 0 Å². The molecule has 0 spiro atoms. The number of hydrogen-bond acceptors (Lipinski definition) is 4. The Morgan fingerprint density at radius 1 is 0.367 bits per heavy atom. The summed E-state index contributed by atoms with van der Waals surface area (Å²) in [5.41, 5.74) is 14.1. The van der Waals surface area contributed by atoms with Gasteiger partial charge in [0.25, 0.3) is 0 Å². The molecule has 6 heteroatoms. The van der Waals surface area contributed by atoms with Crippen molar-refractivity contribution < 1.29 is 9.47 Å². The van der Waals surface area contributed by atoms with Gasteiger partial charge >= 0.3 is 0 Å². The van der Waals surface area contributed by atoms with Crippen molar-refractivity contribution in [3.05, 3.63) is 204 Å². The maximum Gasteiger partial charge on any atom is 0.138 e. The van der Waals surface area contributed by atoms with Gasteiger partial charge < -0.3 is 19.4 Å². The lowest BCUT2D eigenvalue weighted by Crippen LogP contribution is -1.93. The van der Waals surface area contributed by atoms with Crippen LogP contribution in [0.4, 0.5) is 0 Å². The Morgan fingerprint density at radius 3 is 1.03 bits per heavy atom. The Balaban J connectivity index is 0.925. The molecule has 0 fully saturated rings. The fraction of sp³-hybridized carbons (Fsp3) is 0.0370. The molecule has 290 valence electrons. The number of aromatic amines is 2. The standard InChI is InChI=1S/C54H42N4O2/c1-59-47-35-46(34-28-38-25-31-44(32-26-38)54-57-51(41-19-11-5-12-20-41)52(58-54)42-21-13-6-14-22-42)48(60-2)36-45(47)33-27-37-23-29-43(30-24-37)53-55-49(39-15-7-3-8-16-39)50(56-53)40-17-9-4-10-18-40/h3-36H,1-2H3,(H,55,56)(H,57,58)/b33-27+,34-28+. The van der Waals surface area contributed by atoms with E-state index in [1.165, 1.54) is 0 Å².